The van der Waals surface area contributed by atoms with E-state index in [0.29, 0.717) is 0 Å². The summed E-state index contributed by atoms with van der Waals surface area (Å²) >= 11 is 5.32. The number of aromatic nitrogens is 1. The van der Waals surface area contributed by atoms with Gasteiger partial charge in [0, 0.05) is 6.07 Å². The predicted octanol–water partition coefficient (Wildman–Crippen LogP) is 1.43. The summed E-state index contributed by atoms with van der Waals surface area (Å²) in [6.07, 6.45) is -1.25. The highest BCUT2D eigenvalue weighted by molar-refractivity contribution is 6.30. The van der Waals surface area contributed by atoms with E-state index in [1.54, 1.807) is 0 Å². The van der Waals surface area contributed by atoms with Gasteiger partial charge in [0.05, 0.1) is 5.02 Å². The zero-order valence-electron chi connectivity index (χ0n) is 7.57. The molecule has 1 aromatic heterocycles. The van der Waals surface area contributed by atoms with Gasteiger partial charge < -0.3 is 14.9 Å². The highest BCUT2D eigenvalue weighted by Crippen LogP contribution is 2.28. The lowest BCUT2D eigenvalue weighted by Crippen LogP contribution is -2.23. The molecule has 0 amide bonds. The van der Waals surface area contributed by atoms with Gasteiger partial charge in [0.1, 0.15) is 0 Å². The van der Waals surface area contributed by atoms with E-state index in [-0.39, 0.29) is 5.02 Å². The van der Waals surface area contributed by atoms with Gasteiger partial charge in [-0.2, -0.15) is 9.37 Å². The number of carboxylic acids is 1. The second-order valence-corrected chi connectivity index (χ2v) is 3.09. The molecule has 0 spiro atoms. The van der Waals surface area contributed by atoms with Gasteiger partial charge in [-0.25, -0.2) is 4.79 Å². The summed E-state index contributed by atoms with van der Waals surface area (Å²) in [5, 5.41) is 17.3. The second kappa shape index (κ2) is 4.31. The maximum Gasteiger partial charge on any atom is 0.344 e. The van der Waals surface area contributed by atoms with E-state index >= 15 is 0 Å². The number of aromatic hydroxyl groups is 1. The predicted molar refractivity (Wildman–Crippen MR) is 48.6 cm³/mol. The summed E-state index contributed by atoms with van der Waals surface area (Å²) in [5.41, 5.74) is 0. The van der Waals surface area contributed by atoms with Crippen LogP contribution in [0.3, 0.4) is 0 Å². The Morgan fingerprint density at radius 1 is 1.73 bits per heavy atom. The Labute approximate surface area is 89.1 Å². The van der Waals surface area contributed by atoms with E-state index < -0.39 is 29.7 Å². The second-order valence-electron chi connectivity index (χ2n) is 2.68. The minimum Gasteiger partial charge on any atom is -0.503 e. The molecule has 0 bridgehead atoms. The average Bonchev–Trinajstić information content (AvgIpc) is 2.13. The van der Waals surface area contributed by atoms with E-state index in [9.17, 15) is 14.3 Å². The van der Waals surface area contributed by atoms with E-state index in [4.69, 9.17) is 16.7 Å². The highest BCUT2D eigenvalue weighted by atomic mass is 35.5. The zero-order valence-corrected chi connectivity index (χ0v) is 8.32. The number of pyridine rings is 1. The molecule has 0 saturated heterocycles. The molecule has 15 heavy (non-hydrogen) atoms. The first-order valence-electron chi connectivity index (χ1n) is 3.86. The number of nitrogens with zero attached hydrogens (tertiary/aromatic N) is 1. The number of rotatable bonds is 3. The lowest BCUT2D eigenvalue weighted by atomic mass is 10.4. The van der Waals surface area contributed by atoms with Gasteiger partial charge in [-0.15, -0.1) is 0 Å². The molecule has 0 aliphatic rings. The van der Waals surface area contributed by atoms with Crippen LogP contribution in [0.5, 0.6) is 11.6 Å². The van der Waals surface area contributed by atoms with E-state index in [2.05, 4.69) is 9.72 Å². The quantitative estimate of drug-likeness (QED) is 0.775. The molecule has 0 radical (unpaired) electrons. The van der Waals surface area contributed by atoms with E-state index in [1.807, 2.05) is 0 Å². The third kappa shape index (κ3) is 2.69. The summed E-state index contributed by atoms with van der Waals surface area (Å²) < 4.78 is 17.5. The Hall–Kier alpha value is -1.56. The SMILES string of the molecule is CC(Oc1nc(F)c(Cl)cc1O)C(=O)O. The minimum atomic E-state index is -1.26. The van der Waals surface area contributed by atoms with Crippen molar-refractivity contribution in [2.24, 2.45) is 0 Å². The number of ether oxygens (including phenoxy) is 1. The Morgan fingerprint density at radius 2 is 2.33 bits per heavy atom. The summed E-state index contributed by atoms with van der Waals surface area (Å²) in [6.45, 7) is 1.22. The Kier molecular flexibility index (Phi) is 3.31. The fraction of sp³-hybridized carbons (Fsp3) is 0.250. The number of aliphatic carboxylic acids is 1. The maximum atomic E-state index is 12.8. The Bertz CT molecular complexity index is 398. The number of hydrogen-bond acceptors (Lipinski definition) is 4. The lowest BCUT2D eigenvalue weighted by molar-refractivity contribution is -0.144. The topological polar surface area (TPSA) is 79.7 Å². The van der Waals surface area contributed by atoms with Crippen LogP contribution in [0.25, 0.3) is 0 Å². The first kappa shape index (κ1) is 11.5. The van der Waals surface area contributed by atoms with Crippen LogP contribution < -0.4 is 4.74 Å². The van der Waals surface area contributed by atoms with Crippen molar-refractivity contribution < 1.29 is 24.1 Å². The van der Waals surface area contributed by atoms with Gasteiger partial charge in [0.2, 0.25) is 5.95 Å². The third-order valence-corrected chi connectivity index (χ3v) is 1.78. The first-order valence-corrected chi connectivity index (χ1v) is 4.24. The molecule has 0 aliphatic heterocycles. The molecule has 0 saturated carbocycles. The summed E-state index contributed by atoms with van der Waals surface area (Å²) in [5.74, 6) is -3.32. The Morgan fingerprint density at radius 3 is 2.87 bits per heavy atom. The van der Waals surface area contributed by atoms with Gasteiger partial charge in [-0.1, -0.05) is 11.6 Å². The molecule has 1 aromatic rings. The van der Waals surface area contributed by atoms with Gasteiger partial charge >= 0.3 is 5.97 Å². The van der Waals surface area contributed by atoms with Crippen LogP contribution in [-0.2, 0) is 4.79 Å². The number of halogens is 2. The van der Waals surface area contributed by atoms with Crippen LogP contribution in [0.4, 0.5) is 4.39 Å². The molecule has 0 fully saturated rings. The Balaban J connectivity index is 2.95. The molecule has 5 nitrogen and oxygen atoms in total. The molecule has 1 heterocycles. The molecule has 1 rings (SSSR count). The maximum absolute atomic E-state index is 12.8. The molecule has 0 aromatic carbocycles. The van der Waals surface area contributed by atoms with Crippen molar-refractivity contribution in [2.75, 3.05) is 0 Å². The monoisotopic (exact) mass is 235 g/mol. The highest BCUT2D eigenvalue weighted by Gasteiger charge is 2.17. The third-order valence-electron chi connectivity index (χ3n) is 1.52. The summed E-state index contributed by atoms with van der Waals surface area (Å²) in [6, 6.07) is 0.883. The molecule has 0 aliphatic carbocycles. The van der Waals surface area contributed by atoms with Gasteiger partial charge in [0.15, 0.2) is 11.9 Å². The van der Waals surface area contributed by atoms with Crippen molar-refractivity contribution in [1.29, 1.82) is 0 Å². The standard InChI is InChI=1S/C8H7ClFNO4/c1-3(8(13)14)15-7-5(12)2-4(9)6(10)11-7/h2-3,12H,1H3,(H,13,14). The smallest absolute Gasteiger partial charge is 0.344 e. The number of hydrogen-bond donors (Lipinski definition) is 2. The molecule has 1 unspecified atom stereocenters. The zero-order chi connectivity index (χ0) is 11.6. The van der Waals surface area contributed by atoms with Gasteiger partial charge in [0.25, 0.3) is 5.88 Å². The molecular formula is C8H7ClFNO4. The van der Waals surface area contributed by atoms with Gasteiger partial charge in [-0.3, -0.25) is 0 Å². The van der Waals surface area contributed by atoms with Crippen molar-refractivity contribution >= 4 is 17.6 Å². The van der Waals surface area contributed by atoms with Crippen LogP contribution in [0.15, 0.2) is 6.07 Å². The average molecular weight is 236 g/mol. The fourth-order valence-corrected chi connectivity index (χ4v) is 0.891. The summed E-state index contributed by atoms with van der Waals surface area (Å²) in [4.78, 5) is 13.6. The van der Waals surface area contributed by atoms with Crippen molar-refractivity contribution in [3.8, 4) is 11.6 Å². The van der Waals surface area contributed by atoms with Crippen molar-refractivity contribution in [3.63, 3.8) is 0 Å². The normalized spacial score (nSPS) is 12.2. The molecular weight excluding hydrogens is 229 g/mol. The van der Waals surface area contributed by atoms with Gasteiger partial charge in [-0.05, 0) is 6.92 Å². The van der Waals surface area contributed by atoms with Crippen LogP contribution in [0.1, 0.15) is 6.92 Å². The van der Waals surface area contributed by atoms with Crippen molar-refractivity contribution in [2.45, 2.75) is 13.0 Å². The molecule has 2 N–H and O–H groups in total. The molecule has 7 heteroatoms. The van der Waals surface area contributed by atoms with Crippen LogP contribution >= 0.6 is 11.6 Å². The van der Waals surface area contributed by atoms with E-state index in [1.165, 1.54) is 6.92 Å². The first-order chi connectivity index (χ1) is 6.91. The van der Waals surface area contributed by atoms with Crippen molar-refractivity contribution in [3.05, 3.63) is 17.0 Å². The molecule has 1 atom stereocenters. The van der Waals surface area contributed by atoms with E-state index in [0.717, 1.165) is 6.07 Å². The largest absolute Gasteiger partial charge is 0.503 e. The van der Waals surface area contributed by atoms with Crippen LogP contribution in [0.2, 0.25) is 5.02 Å². The minimum absolute atomic E-state index is 0.372. The van der Waals surface area contributed by atoms with Crippen LogP contribution in [0, 0.1) is 5.95 Å². The number of carboxylic acid groups (broad SMARTS) is 1. The molecule has 82 valence electrons. The summed E-state index contributed by atoms with van der Waals surface area (Å²) in [7, 11) is 0. The number of carbonyl (C=O) groups is 1. The van der Waals surface area contributed by atoms with Crippen molar-refractivity contribution in [1.82, 2.24) is 4.98 Å². The lowest BCUT2D eigenvalue weighted by Gasteiger charge is -2.10. The fourth-order valence-electron chi connectivity index (χ4n) is 0.746. The van der Waals surface area contributed by atoms with Crippen LogP contribution in [-0.4, -0.2) is 27.3 Å².